The molecule has 1 aliphatic heterocycles. The van der Waals surface area contributed by atoms with Gasteiger partial charge in [0.05, 0.1) is 5.70 Å². The van der Waals surface area contributed by atoms with Crippen molar-refractivity contribution in [3.63, 3.8) is 0 Å². The largest absolute Gasteiger partial charge is 0.457 e. The van der Waals surface area contributed by atoms with E-state index in [1.54, 1.807) is 48.8 Å². The van der Waals surface area contributed by atoms with Gasteiger partial charge in [0.25, 0.3) is 5.91 Å². The van der Waals surface area contributed by atoms with Crippen LogP contribution < -0.4 is 15.0 Å². The molecular weight excluding hydrogens is 585 g/mol. The van der Waals surface area contributed by atoms with Crippen molar-refractivity contribution in [1.82, 2.24) is 9.97 Å². The fraction of sp³-hybridized carbons (Fsp3) is 0.0556. The van der Waals surface area contributed by atoms with Crippen LogP contribution in [0.1, 0.15) is 21.5 Å². The molecule has 2 heterocycles. The lowest BCUT2D eigenvalue weighted by Crippen LogP contribution is -2.27. The van der Waals surface area contributed by atoms with Crippen LogP contribution in [0.5, 0.6) is 11.5 Å². The molecule has 0 saturated heterocycles. The van der Waals surface area contributed by atoms with Crippen molar-refractivity contribution in [1.29, 1.82) is 0 Å². The number of rotatable bonds is 9. The highest BCUT2D eigenvalue weighted by atomic mass is 32.2. The van der Waals surface area contributed by atoms with Gasteiger partial charge in [-0.2, -0.15) is 0 Å². The quantitative estimate of drug-likeness (QED) is 0.180. The number of hydrogen-bond acceptors (Lipinski definition) is 7. The van der Waals surface area contributed by atoms with Crippen LogP contribution >= 0.6 is 11.8 Å². The van der Waals surface area contributed by atoms with Gasteiger partial charge in [-0.1, -0.05) is 48.7 Å². The number of benzene rings is 4. The fourth-order valence-corrected chi connectivity index (χ4v) is 5.50. The van der Waals surface area contributed by atoms with E-state index in [4.69, 9.17) is 9.73 Å². The van der Waals surface area contributed by atoms with Crippen LogP contribution in [0.4, 0.5) is 15.8 Å². The lowest BCUT2D eigenvalue weighted by atomic mass is 10.1. The number of nitrogens with one attached hydrogen (secondary N) is 1. The molecule has 222 valence electrons. The van der Waals surface area contributed by atoms with Gasteiger partial charge in [0.1, 0.15) is 23.6 Å². The fourth-order valence-electron chi connectivity index (χ4n) is 4.54. The summed E-state index contributed by atoms with van der Waals surface area (Å²) in [6.45, 7) is 4.19. The third-order valence-electron chi connectivity index (χ3n) is 6.88. The van der Waals surface area contributed by atoms with E-state index < -0.39 is 0 Å². The van der Waals surface area contributed by atoms with E-state index in [1.807, 2.05) is 65.7 Å². The molecule has 0 fully saturated rings. The lowest BCUT2D eigenvalue weighted by molar-refractivity contribution is 0.102. The highest BCUT2D eigenvalue weighted by molar-refractivity contribution is 8.13. The molecule has 0 aliphatic carbocycles. The van der Waals surface area contributed by atoms with Crippen LogP contribution in [-0.4, -0.2) is 21.0 Å². The number of amidine groups is 1. The first kappa shape index (κ1) is 29.5. The summed E-state index contributed by atoms with van der Waals surface area (Å²) in [5, 5.41) is 3.66. The summed E-state index contributed by atoms with van der Waals surface area (Å²) in [5.74, 6) is 1.50. The van der Waals surface area contributed by atoms with Crippen molar-refractivity contribution in [3.8, 4) is 11.5 Å². The number of para-hydroxylation sites is 1. The van der Waals surface area contributed by atoms with Gasteiger partial charge in [0.15, 0.2) is 5.17 Å². The van der Waals surface area contributed by atoms with E-state index in [9.17, 15) is 9.18 Å². The second-order valence-corrected chi connectivity index (χ2v) is 11.1. The van der Waals surface area contributed by atoms with Gasteiger partial charge in [0, 0.05) is 47.7 Å². The van der Waals surface area contributed by atoms with Gasteiger partial charge in [-0.3, -0.25) is 9.69 Å². The predicted molar refractivity (Wildman–Crippen MR) is 178 cm³/mol. The molecule has 0 radical (unpaired) electrons. The Bertz CT molecular complexity index is 1840. The van der Waals surface area contributed by atoms with Crippen molar-refractivity contribution in [2.75, 3.05) is 10.2 Å². The average Bonchev–Trinajstić information content (AvgIpc) is 3.07. The van der Waals surface area contributed by atoms with Crippen LogP contribution in [0, 0.1) is 5.82 Å². The summed E-state index contributed by atoms with van der Waals surface area (Å²) in [4.78, 5) is 28.1. The van der Waals surface area contributed by atoms with Crippen LogP contribution in [-0.2, 0) is 12.2 Å². The number of aromatic nitrogens is 2. The van der Waals surface area contributed by atoms with E-state index in [1.165, 1.54) is 30.2 Å². The topological polar surface area (TPSA) is 79.7 Å². The second kappa shape index (κ2) is 13.8. The molecule has 0 spiro atoms. The number of amides is 1. The zero-order chi connectivity index (χ0) is 31.0. The molecule has 9 heteroatoms. The van der Waals surface area contributed by atoms with E-state index in [0.717, 1.165) is 28.1 Å². The van der Waals surface area contributed by atoms with Crippen molar-refractivity contribution >= 4 is 34.2 Å². The van der Waals surface area contributed by atoms with Crippen LogP contribution in [0.3, 0.4) is 0 Å². The molecule has 1 aromatic heterocycles. The van der Waals surface area contributed by atoms with E-state index in [-0.39, 0.29) is 11.7 Å². The van der Waals surface area contributed by atoms with Crippen molar-refractivity contribution in [2.45, 2.75) is 12.2 Å². The number of ether oxygens (including phenoxy) is 1. The van der Waals surface area contributed by atoms with Crippen LogP contribution in [0.2, 0.25) is 0 Å². The molecule has 7 nitrogen and oxygen atoms in total. The summed E-state index contributed by atoms with van der Waals surface area (Å²) >= 11 is 1.52. The Morgan fingerprint density at radius 2 is 1.53 bits per heavy atom. The average molecular weight is 614 g/mol. The number of anilines is 2. The van der Waals surface area contributed by atoms with Gasteiger partial charge in [-0.05, 0) is 89.5 Å². The van der Waals surface area contributed by atoms with Crippen LogP contribution in [0.15, 0.2) is 151 Å². The number of halogens is 1. The molecule has 0 bridgehead atoms. The monoisotopic (exact) mass is 613 g/mol. The maximum Gasteiger partial charge on any atom is 0.255 e. The Kier molecular flexibility index (Phi) is 9.08. The Morgan fingerprint density at radius 1 is 0.844 bits per heavy atom. The maximum atomic E-state index is 13.4. The van der Waals surface area contributed by atoms with Gasteiger partial charge in [0.2, 0.25) is 0 Å². The first-order valence-electron chi connectivity index (χ1n) is 14.1. The Labute approximate surface area is 264 Å². The second-order valence-electron chi connectivity index (χ2n) is 10.1. The zero-order valence-corrected chi connectivity index (χ0v) is 25.0. The van der Waals surface area contributed by atoms with Crippen molar-refractivity contribution in [3.05, 3.63) is 168 Å². The third kappa shape index (κ3) is 7.70. The molecule has 0 unspecified atom stereocenters. The SMILES string of the molecule is C=C1N=C(SCc2ccc(F)cc2)N(c2ccc(C(=O)Nc3ccc(Oc4ccccc4)cc3)cc2)C=C1Cc1cncnc1. The minimum Gasteiger partial charge on any atom is -0.457 e. The number of carbonyl (C=O) groups excluding carboxylic acids is 1. The molecule has 4 aromatic carbocycles. The molecule has 0 saturated carbocycles. The minimum absolute atomic E-state index is 0.231. The highest BCUT2D eigenvalue weighted by Gasteiger charge is 2.21. The maximum absolute atomic E-state index is 13.4. The van der Waals surface area contributed by atoms with E-state index in [0.29, 0.717) is 40.0 Å². The number of carbonyl (C=O) groups is 1. The summed E-state index contributed by atoms with van der Waals surface area (Å²) < 4.78 is 19.3. The normalized spacial score (nSPS) is 12.7. The van der Waals surface area contributed by atoms with Gasteiger partial charge in [-0.25, -0.2) is 19.4 Å². The smallest absolute Gasteiger partial charge is 0.255 e. The molecule has 1 aliphatic rings. The van der Waals surface area contributed by atoms with Crippen molar-refractivity contribution < 1.29 is 13.9 Å². The Hall–Kier alpha value is -5.54. The summed E-state index contributed by atoms with van der Waals surface area (Å²) in [7, 11) is 0. The van der Waals surface area contributed by atoms with Gasteiger partial charge >= 0.3 is 0 Å². The van der Waals surface area contributed by atoms with Crippen LogP contribution in [0.25, 0.3) is 0 Å². The molecular formula is C36H28FN5O2S. The minimum atomic E-state index is -0.274. The molecule has 45 heavy (non-hydrogen) atoms. The third-order valence-corrected chi connectivity index (χ3v) is 7.90. The van der Waals surface area contributed by atoms with Crippen molar-refractivity contribution in [2.24, 2.45) is 4.99 Å². The summed E-state index contributed by atoms with van der Waals surface area (Å²) in [6, 6.07) is 30.5. The molecule has 1 N–H and O–H groups in total. The number of aliphatic imine (C=N–C) groups is 1. The molecule has 6 rings (SSSR count). The summed E-state index contributed by atoms with van der Waals surface area (Å²) in [6.07, 6.45) is 7.60. The number of hydrogen-bond donors (Lipinski definition) is 1. The first-order chi connectivity index (χ1) is 22.0. The standard InChI is InChI=1S/C36H28FN5O2S/c1-25-29(19-27-20-38-24-39-21-27)22-42(36(40-25)45-23-26-7-11-30(37)12-8-26)32-15-9-28(10-16-32)35(43)41-31-13-17-34(18-14-31)44-33-5-3-2-4-6-33/h2-18,20-22,24H,1,19,23H2,(H,41,43). The number of nitrogens with zero attached hydrogens (tertiary/aromatic N) is 4. The van der Waals surface area contributed by atoms with E-state index >= 15 is 0 Å². The molecule has 5 aromatic rings. The molecule has 1 amide bonds. The molecule has 0 atom stereocenters. The number of allylic oxidation sites excluding steroid dienone is 1. The Morgan fingerprint density at radius 3 is 2.24 bits per heavy atom. The van der Waals surface area contributed by atoms with E-state index in [2.05, 4.69) is 21.9 Å². The Balaban J connectivity index is 1.17. The zero-order valence-electron chi connectivity index (χ0n) is 24.1. The number of thioether (sulfide) groups is 1. The van der Waals surface area contributed by atoms with Gasteiger partial charge < -0.3 is 10.1 Å². The predicted octanol–water partition coefficient (Wildman–Crippen LogP) is 8.41. The summed E-state index contributed by atoms with van der Waals surface area (Å²) in [5.41, 5.74) is 5.46. The highest BCUT2D eigenvalue weighted by Crippen LogP contribution is 2.31. The lowest BCUT2D eigenvalue weighted by Gasteiger charge is -2.28. The van der Waals surface area contributed by atoms with Gasteiger partial charge in [-0.15, -0.1) is 0 Å². The first-order valence-corrected chi connectivity index (χ1v) is 15.1.